The first-order valence-corrected chi connectivity index (χ1v) is 7.43. The third-order valence-corrected chi connectivity index (χ3v) is 4.16. The van der Waals surface area contributed by atoms with Crippen molar-refractivity contribution in [3.63, 3.8) is 0 Å². The molecule has 2 N–H and O–H groups in total. The van der Waals surface area contributed by atoms with Gasteiger partial charge in [0, 0.05) is 5.02 Å². The fourth-order valence-electron chi connectivity index (χ4n) is 1.19. The zero-order valence-corrected chi connectivity index (χ0v) is 12.1. The van der Waals surface area contributed by atoms with Crippen molar-refractivity contribution in [2.45, 2.75) is 10.9 Å². The highest BCUT2D eigenvalue weighted by Crippen LogP contribution is 2.23. The van der Waals surface area contributed by atoms with E-state index in [1.165, 1.54) is 23.1 Å². The van der Waals surface area contributed by atoms with Crippen LogP contribution < -0.4 is 5.73 Å². The Labute approximate surface area is 123 Å². The zero-order valence-electron chi connectivity index (χ0n) is 9.71. The number of anilines is 1. The second-order valence-corrected chi connectivity index (χ2v) is 6.15. The number of halogens is 1. The summed E-state index contributed by atoms with van der Waals surface area (Å²) in [5.74, 6) is -0.129. The number of hydrogen-bond acceptors (Lipinski definition) is 7. The third kappa shape index (κ3) is 4.70. The van der Waals surface area contributed by atoms with Crippen LogP contribution in [0.15, 0.2) is 28.6 Å². The van der Waals surface area contributed by atoms with Gasteiger partial charge in [-0.25, -0.2) is 0 Å². The Bertz CT molecular complexity index is 559. The molecule has 2 rings (SSSR count). The molecule has 0 aliphatic rings. The van der Waals surface area contributed by atoms with Crippen LogP contribution in [0.25, 0.3) is 0 Å². The molecule has 19 heavy (non-hydrogen) atoms. The molecule has 8 heteroatoms. The van der Waals surface area contributed by atoms with Crippen LogP contribution in [-0.2, 0) is 16.1 Å². The molecule has 1 heterocycles. The number of nitrogens with zero attached hydrogens (tertiary/aromatic N) is 2. The number of nitrogen functional groups attached to an aromatic ring is 1. The molecule has 1 aromatic heterocycles. The third-order valence-electron chi connectivity index (χ3n) is 2.05. The van der Waals surface area contributed by atoms with Crippen molar-refractivity contribution in [1.29, 1.82) is 0 Å². The first kappa shape index (κ1) is 14.1. The van der Waals surface area contributed by atoms with Gasteiger partial charge in [-0.3, -0.25) is 4.79 Å². The molecule has 5 nitrogen and oxygen atoms in total. The van der Waals surface area contributed by atoms with Gasteiger partial charge in [0.25, 0.3) is 0 Å². The minimum absolute atomic E-state index is 0.183. The monoisotopic (exact) mass is 315 g/mol. The smallest absolute Gasteiger partial charge is 0.316 e. The van der Waals surface area contributed by atoms with Gasteiger partial charge in [-0.1, -0.05) is 46.8 Å². The van der Waals surface area contributed by atoms with Crippen molar-refractivity contribution in [3.05, 3.63) is 34.9 Å². The lowest BCUT2D eigenvalue weighted by atomic mass is 10.2. The lowest BCUT2D eigenvalue weighted by Crippen LogP contribution is -2.07. The maximum atomic E-state index is 11.5. The topological polar surface area (TPSA) is 78.1 Å². The average molecular weight is 316 g/mol. The molecule has 0 aliphatic heterocycles. The van der Waals surface area contributed by atoms with Gasteiger partial charge >= 0.3 is 5.97 Å². The van der Waals surface area contributed by atoms with Crippen LogP contribution in [0.2, 0.25) is 5.02 Å². The van der Waals surface area contributed by atoms with E-state index < -0.39 is 0 Å². The summed E-state index contributed by atoms with van der Waals surface area (Å²) in [6, 6.07) is 7.13. The number of aromatic nitrogens is 2. The molecule has 100 valence electrons. The summed E-state index contributed by atoms with van der Waals surface area (Å²) >= 11 is 8.26. The van der Waals surface area contributed by atoms with Gasteiger partial charge in [0.05, 0.1) is 5.75 Å². The number of carbonyl (C=O) groups excluding carboxylic acids is 1. The molecule has 0 saturated carbocycles. The summed E-state index contributed by atoms with van der Waals surface area (Å²) in [6.07, 6.45) is 0. The number of hydrogen-bond donors (Lipinski definition) is 1. The molecule has 0 spiro atoms. The lowest BCUT2D eigenvalue weighted by molar-refractivity contribution is -0.141. The summed E-state index contributed by atoms with van der Waals surface area (Å²) in [4.78, 5) is 11.5. The van der Waals surface area contributed by atoms with Gasteiger partial charge in [0.1, 0.15) is 6.61 Å². The van der Waals surface area contributed by atoms with Crippen LogP contribution in [0.5, 0.6) is 0 Å². The summed E-state index contributed by atoms with van der Waals surface area (Å²) < 4.78 is 5.77. The van der Waals surface area contributed by atoms with Crippen LogP contribution in [0.4, 0.5) is 5.13 Å². The first-order chi connectivity index (χ1) is 9.13. The van der Waals surface area contributed by atoms with Crippen molar-refractivity contribution in [1.82, 2.24) is 10.2 Å². The predicted molar refractivity (Wildman–Crippen MR) is 76.3 cm³/mol. The fourth-order valence-corrected chi connectivity index (χ4v) is 2.75. The van der Waals surface area contributed by atoms with Gasteiger partial charge in [0.15, 0.2) is 4.34 Å². The van der Waals surface area contributed by atoms with E-state index in [9.17, 15) is 4.79 Å². The number of ether oxygens (including phenoxy) is 1. The molecular weight excluding hydrogens is 306 g/mol. The Hall–Kier alpha value is -1.31. The molecule has 0 amide bonds. The van der Waals surface area contributed by atoms with Crippen molar-refractivity contribution in [3.8, 4) is 0 Å². The van der Waals surface area contributed by atoms with Crippen molar-refractivity contribution < 1.29 is 9.53 Å². The molecule has 0 bridgehead atoms. The van der Waals surface area contributed by atoms with E-state index in [-0.39, 0.29) is 18.3 Å². The average Bonchev–Trinajstić information content (AvgIpc) is 2.81. The van der Waals surface area contributed by atoms with Gasteiger partial charge in [-0.2, -0.15) is 0 Å². The van der Waals surface area contributed by atoms with E-state index in [2.05, 4.69) is 10.2 Å². The highest BCUT2D eigenvalue weighted by atomic mass is 35.5. The van der Waals surface area contributed by atoms with Crippen molar-refractivity contribution >= 4 is 45.8 Å². The normalized spacial score (nSPS) is 10.4. The maximum absolute atomic E-state index is 11.5. The Morgan fingerprint density at radius 2 is 2.11 bits per heavy atom. The molecule has 0 aliphatic carbocycles. The summed E-state index contributed by atoms with van der Waals surface area (Å²) in [5.41, 5.74) is 6.33. The van der Waals surface area contributed by atoms with Gasteiger partial charge in [-0.05, 0) is 17.7 Å². The van der Waals surface area contributed by atoms with Crippen molar-refractivity contribution in [2.24, 2.45) is 0 Å². The first-order valence-electron chi connectivity index (χ1n) is 5.25. The number of thioether (sulfide) groups is 1. The largest absolute Gasteiger partial charge is 0.460 e. The van der Waals surface area contributed by atoms with Gasteiger partial charge < -0.3 is 10.5 Å². The van der Waals surface area contributed by atoms with Gasteiger partial charge in [0.2, 0.25) is 5.13 Å². The Morgan fingerprint density at radius 3 is 2.74 bits per heavy atom. The van der Waals surface area contributed by atoms with Crippen LogP contribution >= 0.6 is 34.7 Å². The Morgan fingerprint density at radius 1 is 1.37 bits per heavy atom. The minimum atomic E-state index is -0.311. The van der Waals surface area contributed by atoms with E-state index in [1.54, 1.807) is 12.1 Å². The lowest BCUT2D eigenvalue weighted by Gasteiger charge is -2.04. The second-order valence-electron chi connectivity index (χ2n) is 3.48. The Balaban J connectivity index is 1.74. The molecule has 0 fully saturated rings. The predicted octanol–water partition coefficient (Wildman–Crippen LogP) is 2.61. The summed E-state index contributed by atoms with van der Waals surface area (Å²) in [5, 5.41) is 8.50. The molecule has 0 atom stereocenters. The molecule has 0 radical (unpaired) electrons. The molecule has 2 aromatic rings. The molecular formula is C11H10ClN3O2S2. The fraction of sp³-hybridized carbons (Fsp3) is 0.182. The van der Waals surface area contributed by atoms with Gasteiger partial charge in [-0.15, -0.1) is 10.2 Å². The van der Waals surface area contributed by atoms with E-state index in [0.717, 1.165) is 5.56 Å². The van der Waals surface area contributed by atoms with E-state index in [1.807, 2.05) is 12.1 Å². The van der Waals surface area contributed by atoms with Crippen LogP contribution in [0, 0.1) is 0 Å². The number of nitrogens with two attached hydrogens (primary N) is 1. The number of rotatable bonds is 5. The summed E-state index contributed by atoms with van der Waals surface area (Å²) in [6.45, 7) is 0.231. The maximum Gasteiger partial charge on any atom is 0.316 e. The second kappa shape index (κ2) is 6.74. The van der Waals surface area contributed by atoms with Crippen LogP contribution in [-0.4, -0.2) is 21.9 Å². The minimum Gasteiger partial charge on any atom is -0.460 e. The highest BCUT2D eigenvalue weighted by Gasteiger charge is 2.08. The van der Waals surface area contributed by atoms with Crippen LogP contribution in [0.1, 0.15) is 5.56 Å². The van der Waals surface area contributed by atoms with E-state index in [0.29, 0.717) is 14.5 Å². The molecule has 1 aromatic carbocycles. The summed E-state index contributed by atoms with van der Waals surface area (Å²) in [7, 11) is 0. The molecule has 0 saturated heterocycles. The number of benzene rings is 1. The van der Waals surface area contributed by atoms with Crippen molar-refractivity contribution in [2.75, 3.05) is 11.5 Å². The number of carbonyl (C=O) groups is 1. The van der Waals surface area contributed by atoms with Crippen LogP contribution in [0.3, 0.4) is 0 Å². The zero-order chi connectivity index (χ0) is 13.7. The van der Waals surface area contributed by atoms with E-state index >= 15 is 0 Å². The highest BCUT2D eigenvalue weighted by molar-refractivity contribution is 8.01. The number of esters is 1. The van der Waals surface area contributed by atoms with E-state index in [4.69, 9.17) is 22.1 Å². The SMILES string of the molecule is Nc1nnc(SCC(=O)OCc2ccc(Cl)cc2)s1. The molecule has 0 unspecified atom stereocenters. The standard InChI is InChI=1S/C11H10ClN3O2S2/c12-8-3-1-7(2-4-8)5-17-9(16)6-18-11-15-14-10(13)19-11/h1-4H,5-6H2,(H2,13,14). The quantitative estimate of drug-likeness (QED) is 0.675. The Kier molecular flexibility index (Phi) is 5.00.